The highest BCUT2D eigenvalue weighted by molar-refractivity contribution is 6.33. The second-order valence-corrected chi connectivity index (χ2v) is 4.84. The Morgan fingerprint density at radius 1 is 1.05 bits per heavy atom. The smallest absolute Gasteiger partial charge is 0.330 e. The van der Waals surface area contributed by atoms with Crippen molar-refractivity contribution in [3.8, 4) is 11.1 Å². The Labute approximate surface area is 120 Å². The zero-order valence-corrected chi connectivity index (χ0v) is 11.3. The minimum atomic E-state index is -4.36. The monoisotopic (exact) mass is 299 g/mol. The first-order chi connectivity index (χ1) is 9.41. The molecular weight excluding hydrogens is 287 g/mol. The molecule has 0 aliphatic heterocycles. The molecule has 2 rings (SSSR count). The number of nitrogens with two attached hydrogens (primary N) is 1. The lowest BCUT2D eigenvalue weighted by Gasteiger charge is -2.11. The van der Waals surface area contributed by atoms with Gasteiger partial charge < -0.3 is 5.73 Å². The lowest BCUT2D eigenvalue weighted by atomic mass is 10.00. The molecule has 0 saturated carbocycles. The molecule has 0 spiro atoms. The predicted octanol–water partition coefficient (Wildman–Crippen LogP) is 4.53. The lowest BCUT2D eigenvalue weighted by molar-refractivity contribution is -0.137. The normalized spacial score (nSPS) is 11.7. The minimum Gasteiger partial charge on any atom is -0.330 e. The minimum absolute atomic E-state index is 0.421. The molecule has 5 heteroatoms. The topological polar surface area (TPSA) is 26.0 Å². The van der Waals surface area contributed by atoms with E-state index >= 15 is 0 Å². The molecule has 0 atom stereocenters. The summed E-state index contributed by atoms with van der Waals surface area (Å²) in [5.41, 5.74) is 6.78. The van der Waals surface area contributed by atoms with Gasteiger partial charge in [-0.15, -0.1) is 0 Å². The van der Waals surface area contributed by atoms with Crippen LogP contribution in [0.4, 0.5) is 13.2 Å². The van der Waals surface area contributed by atoms with Gasteiger partial charge in [-0.1, -0.05) is 29.8 Å². The Kier molecular flexibility index (Phi) is 4.35. The number of hydrogen-bond donors (Lipinski definition) is 1. The Hall–Kier alpha value is -1.52. The van der Waals surface area contributed by atoms with Crippen LogP contribution in [-0.2, 0) is 12.6 Å². The van der Waals surface area contributed by atoms with Crippen molar-refractivity contribution in [1.29, 1.82) is 0 Å². The highest BCUT2D eigenvalue weighted by atomic mass is 35.5. The van der Waals surface area contributed by atoms with Crippen molar-refractivity contribution in [1.82, 2.24) is 0 Å². The lowest BCUT2D eigenvalue weighted by Crippen LogP contribution is -2.05. The van der Waals surface area contributed by atoms with E-state index in [4.69, 9.17) is 17.3 Å². The van der Waals surface area contributed by atoms with E-state index in [-0.39, 0.29) is 0 Å². The average Bonchev–Trinajstić information content (AvgIpc) is 2.40. The van der Waals surface area contributed by atoms with E-state index in [9.17, 15) is 13.2 Å². The molecule has 0 fully saturated rings. The van der Waals surface area contributed by atoms with Gasteiger partial charge in [-0.25, -0.2) is 0 Å². The molecule has 0 saturated heterocycles. The molecule has 0 aliphatic rings. The van der Waals surface area contributed by atoms with E-state index in [1.165, 1.54) is 6.07 Å². The van der Waals surface area contributed by atoms with E-state index in [1.807, 2.05) is 6.07 Å². The van der Waals surface area contributed by atoms with Gasteiger partial charge in [0.15, 0.2) is 0 Å². The molecule has 0 radical (unpaired) electrons. The van der Waals surface area contributed by atoms with Crippen LogP contribution in [-0.4, -0.2) is 6.54 Å². The van der Waals surface area contributed by atoms with E-state index in [0.717, 1.165) is 17.7 Å². The van der Waals surface area contributed by atoms with Crippen LogP contribution in [0.5, 0.6) is 0 Å². The molecule has 0 aliphatic carbocycles. The third-order valence-corrected chi connectivity index (χ3v) is 3.29. The molecule has 0 unspecified atom stereocenters. The molecule has 0 bridgehead atoms. The van der Waals surface area contributed by atoms with Crippen LogP contribution in [0.1, 0.15) is 11.1 Å². The summed E-state index contributed by atoms with van der Waals surface area (Å²) in [6.45, 7) is 0.476. The maximum atomic E-state index is 12.7. The molecule has 0 amide bonds. The van der Waals surface area contributed by atoms with Crippen molar-refractivity contribution >= 4 is 11.6 Å². The van der Waals surface area contributed by atoms with Gasteiger partial charge in [0, 0.05) is 10.6 Å². The molecule has 0 heterocycles. The predicted molar refractivity (Wildman–Crippen MR) is 74.6 cm³/mol. The second-order valence-electron chi connectivity index (χ2n) is 4.43. The fourth-order valence-corrected chi connectivity index (χ4v) is 2.21. The van der Waals surface area contributed by atoms with Gasteiger partial charge in [-0.3, -0.25) is 0 Å². The van der Waals surface area contributed by atoms with Crippen LogP contribution in [0.15, 0.2) is 42.5 Å². The average molecular weight is 300 g/mol. The fraction of sp³-hybridized carbons (Fsp3) is 0.200. The summed E-state index contributed by atoms with van der Waals surface area (Å²) in [5, 5.41) is 0.421. The van der Waals surface area contributed by atoms with E-state index < -0.39 is 11.7 Å². The van der Waals surface area contributed by atoms with Gasteiger partial charge in [-0.2, -0.15) is 13.2 Å². The van der Waals surface area contributed by atoms with Gasteiger partial charge in [0.05, 0.1) is 5.56 Å². The van der Waals surface area contributed by atoms with Crippen LogP contribution in [0.2, 0.25) is 5.02 Å². The van der Waals surface area contributed by atoms with Crippen molar-refractivity contribution in [3.63, 3.8) is 0 Å². The molecule has 1 nitrogen and oxygen atoms in total. The summed E-state index contributed by atoms with van der Waals surface area (Å²) in [6, 6.07) is 10.4. The van der Waals surface area contributed by atoms with Gasteiger partial charge in [0.2, 0.25) is 0 Å². The molecule has 2 aromatic rings. The largest absolute Gasteiger partial charge is 0.416 e. The maximum Gasteiger partial charge on any atom is 0.416 e. The van der Waals surface area contributed by atoms with Crippen molar-refractivity contribution in [2.75, 3.05) is 6.54 Å². The van der Waals surface area contributed by atoms with Crippen LogP contribution in [0, 0.1) is 0 Å². The standard InChI is InChI=1S/C15H13ClF3N/c16-14-5-4-10(6-7-20)8-13(14)11-2-1-3-12(9-11)15(17,18)19/h1-5,8-9H,6-7,20H2. The van der Waals surface area contributed by atoms with Gasteiger partial charge >= 0.3 is 6.18 Å². The summed E-state index contributed by atoms with van der Waals surface area (Å²) < 4.78 is 38.2. The number of halogens is 4. The number of hydrogen-bond acceptors (Lipinski definition) is 1. The van der Waals surface area contributed by atoms with E-state index in [0.29, 0.717) is 29.1 Å². The number of rotatable bonds is 3. The number of benzene rings is 2. The quantitative estimate of drug-likeness (QED) is 0.885. The first kappa shape index (κ1) is 14.9. The van der Waals surface area contributed by atoms with Crippen LogP contribution >= 0.6 is 11.6 Å². The Morgan fingerprint density at radius 2 is 1.80 bits per heavy atom. The van der Waals surface area contributed by atoms with Crippen molar-refractivity contribution in [2.45, 2.75) is 12.6 Å². The van der Waals surface area contributed by atoms with Gasteiger partial charge in [-0.05, 0) is 48.4 Å². The second kappa shape index (κ2) is 5.85. The zero-order chi connectivity index (χ0) is 14.8. The third kappa shape index (κ3) is 3.32. The van der Waals surface area contributed by atoms with Crippen LogP contribution < -0.4 is 5.73 Å². The van der Waals surface area contributed by atoms with E-state index in [2.05, 4.69) is 0 Å². The SMILES string of the molecule is NCCc1ccc(Cl)c(-c2cccc(C(F)(F)F)c2)c1. The van der Waals surface area contributed by atoms with E-state index in [1.54, 1.807) is 18.2 Å². The molecule has 20 heavy (non-hydrogen) atoms. The van der Waals surface area contributed by atoms with Crippen molar-refractivity contribution in [2.24, 2.45) is 5.73 Å². The molecule has 0 aromatic heterocycles. The highest BCUT2D eigenvalue weighted by Crippen LogP contribution is 2.34. The first-order valence-electron chi connectivity index (χ1n) is 6.08. The number of alkyl halides is 3. The zero-order valence-electron chi connectivity index (χ0n) is 10.5. The van der Waals surface area contributed by atoms with Gasteiger partial charge in [0.25, 0.3) is 0 Å². The Balaban J connectivity index is 2.48. The molecular formula is C15H13ClF3N. The summed E-state index contributed by atoms with van der Waals surface area (Å²) in [6.07, 6.45) is -3.71. The van der Waals surface area contributed by atoms with Crippen molar-refractivity contribution in [3.05, 3.63) is 58.6 Å². The Bertz CT molecular complexity index is 608. The maximum absolute atomic E-state index is 12.7. The molecule has 2 aromatic carbocycles. The molecule has 2 N–H and O–H groups in total. The third-order valence-electron chi connectivity index (χ3n) is 2.96. The first-order valence-corrected chi connectivity index (χ1v) is 6.46. The fourth-order valence-electron chi connectivity index (χ4n) is 1.98. The van der Waals surface area contributed by atoms with Crippen molar-refractivity contribution < 1.29 is 13.2 Å². The van der Waals surface area contributed by atoms with Gasteiger partial charge in [0.1, 0.15) is 0 Å². The summed E-state index contributed by atoms with van der Waals surface area (Å²) in [4.78, 5) is 0. The summed E-state index contributed by atoms with van der Waals surface area (Å²) in [5.74, 6) is 0. The Morgan fingerprint density at radius 3 is 2.45 bits per heavy atom. The van der Waals surface area contributed by atoms with Crippen LogP contribution in [0.3, 0.4) is 0 Å². The molecule has 106 valence electrons. The summed E-state index contributed by atoms with van der Waals surface area (Å²) in [7, 11) is 0. The highest BCUT2D eigenvalue weighted by Gasteiger charge is 2.30. The summed E-state index contributed by atoms with van der Waals surface area (Å²) >= 11 is 6.09. The van der Waals surface area contributed by atoms with Crippen LogP contribution in [0.25, 0.3) is 11.1 Å².